The first-order valence-electron chi connectivity index (χ1n) is 12.5. The highest BCUT2D eigenvalue weighted by Gasteiger charge is 2.46. The Hall–Kier alpha value is -1.16. The quantitative estimate of drug-likeness (QED) is 0.326. The van der Waals surface area contributed by atoms with Gasteiger partial charge < -0.3 is 15.3 Å². The first-order chi connectivity index (χ1) is 14.6. The van der Waals surface area contributed by atoms with Gasteiger partial charge in [-0.25, -0.2) is 0 Å². The van der Waals surface area contributed by atoms with Crippen molar-refractivity contribution in [2.75, 3.05) is 0 Å². The lowest BCUT2D eigenvalue weighted by atomic mass is 9.62. The fourth-order valence-corrected chi connectivity index (χ4v) is 6.34. The van der Waals surface area contributed by atoms with E-state index < -0.39 is 11.4 Å². The van der Waals surface area contributed by atoms with Gasteiger partial charge in [-0.2, -0.15) is 0 Å². The zero-order chi connectivity index (χ0) is 22.9. The van der Waals surface area contributed by atoms with Crippen molar-refractivity contribution in [3.8, 4) is 0 Å². The molecule has 3 aliphatic rings. The van der Waals surface area contributed by atoms with E-state index in [1.807, 2.05) is 0 Å². The first kappa shape index (κ1) is 24.5. The van der Waals surface area contributed by atoms with Crippen LogP contribution in [0.5, 0.6) is 0 Å². The highest BCUT2D eigenvalue weighted by atomic mass is 16.5. The van der Waals surface area contributed by atoms with Crippen LogP contribution in [-0.2, 0) is 0 Å². The summed E-state index contributed by atoms with van der Waals surface area (Å²) in [5.74, 6) is -0.711. The molecule has 0 bridgehead atoms. The minimum absolute atomic E-state index is 0.208. The van der Waals surface area contributed by atoms with Gasteiger partial charge in [0.25, 0.3) is 0 Å². The van der Waals surface area contributed by atoms with Crippen molar-refractivity contribution >= 4 is 0 Å². The molecule has 0 aromatic heterocycles. The van der Waals surface area contributed by atoms with Gasteiger partial charge in [-0.15, -0.1) is 0 Å². The van der Waals surface area contributed by atoms with E-state index in [0.717, 1.165) is 56.9 Å². The smallest absolute Gasteiger partial charge is 0.189 e. The Balaban J connectivity index is 1.74. The Bertz CT molecular complexity index is 765. The zero-order valence-electron chi connectivity index (χ0n) is 20.2. The van der Waals surface area contributed by atoms with Crippen LogP contribution in [0.4, 0.5) is 0 Å². The number of fused-ring (bicyclic) bond motifs is 1. The third kappa shape index (κ3) is 4.94. The molecule has 0 aromatic carbocycles. The molecule has 174 valence electrons. The molecule has 0 aromatic rings. The highest BCUT2D eigenvalue weighted by molar-refractivity contribution is 5.40. The van der Waals surface area contributed by atoms with Crippen LogP contribution < -0.4 is 0 Å². The summed E-state index contributed by atoms with van der Waals surface area (Å²) in [6.07, 6.45) is 17.1. The summed E-state index contributed by atoms with van der Waals surface area (Å²) in [6, 6.07) is 0. The van der Waals surface area contributed by atoms with Gasteiger partial charge in [-0.1, -0.05) is 63.6 Å². The van der Waals surface area contributed by atoms with E-state index in [1.54, 1.807) is 5.57 Å². The predicted octanol–water partition coefficient (Wildman–Crippen LogP) is 6.36. The summed E-state index contributed by atoms with van der Waals surface area (Å²) in [4.78, 5) is 0. The molecular weight excluding hydrogens is 384 g/mol. The zero-order valence-corrected chi connectivity index (χ0v) is 20.2. The van der Waals surface area contributed by atoms with E-state index in [-0.39, 0.29) is 5.41 Å². The van der Waals surface area contributed by atoms with E-state index in [2.05, 4.69) is 52.5 Å². The Kier molecular flexibility index (Phi) is 7.40. The van der Waals surface area contributed by atoms with Gasteiger partial charge in [0, 0.05) is 12.0 Å². The molecule has 3 N–H and O–H groups in total. The molecule has 0 spiro atoms. The maximum Gasteiger partial charge on any atom is 0.189 e. The third-order valence-corrected chi connectivity index (χ3v) is 8.84. The van der Waals surface area contributed by atoms with Crippen LogP contribution in [-0.4, -0.2) is 26.7 Å². The monoisotopic (exact) mass is 428 g/mol. The van der Waals surface area contributed by atoms with Gasteiger partial charge in [0.05, 0.1) is 5.60 Å². The van der Waals surface area contributed by atoms with Gasteiger partial charge in [0.1, 0.15) is 0 Å². The summed E-state index contributed by atoms with van der Waals surface area (Å²) < 4.78 is 0. The Morgan fingerprint density at radius 1 is 1.16 bits per heavy atom. The lowest BCUT2D eigenvalue weighted by Crippen LogP contribution is -2.34. The first-order valence-corrected chi connectivity index (χ1v) is 12.5. The van der Waals surface area contributed by atoms with E-state index in [1.165, 1.54) is 18.4 Å². The van der Waals surface area contributed by atoms with Crippen molar-refractivity contribution < 1.29 is 15.3 Å². The Morgan fingerprint density at radius 3 is 2.52 bits per heavy atom. The van der Waals surface area contributed by atoms with Crippen LogP contribution in [0.3, 0.4) is 0 Å². The van der Waals surface area contributed by atoms with Crippen LogP contribution in [0.2, 0.25) is 0 Å². The molecule has 3 heteroatoms. The van der Waals surface area contributed by atoms with Crippen molar-refractivity contribution in [2.24, 2.45) is 17.3 Å². The molecule has 3 aliphatic carbocycles. The fourth-order valence-electron chi connectivity index (χ4n) is 6.34. The Morgan fingerprint density at radius 2 is 1.84 bits per heavy atom. The van der Waals surface area contributed by atoms with Crippen molar-refractivity contribution in [3.05, 3.63) is 47.1 Å². The molecule has 0 radical (unpaired) electrons. The summed E-state index contributed by atoms with van der Waals surface area (Å²) in [6.45, 7) is 12.9. The van der Waals surface area contributed by atoms with Crippen LogP contribution in [0.1, 0.15) is 98.3 Å². The van der Waals surface area contributed by atoms with E-state index >= 15 is 0 Å². The minimum atomic E-state index is -1.75. The molecule has 0 saturated heterocycles. The van der Waals surface area contributed by atoms with E-state index in [4.69, 9.17) is 0 Å². The SMILES string of the molecule is C=C1/C(=C\C=C2/CCC[C@]3(C)C(C(C)CCC(O)(CC)CC)=CC[C@@H]23)CCCC1(O)O. The Labute approximate surface area is 189 Å². The largest absolute Gasteiger partial charge is 0.390 e. The molecule has 0 heterocycles. The number of aliphatic hydroxyl groups is 3. The number of rotatable bonds is 7. The normalized spacial score (nSPS) is 32.3. The van der Waals surface area contributed by atoms with Gasteiger partial charge >= 0.3 is 0 Å². The lowest BCUT2D eigenvalue weighted by Gasteiger charge is -2.43. The molecule has 3 atom stereocenters. The second-order valence-electron chi connectivity index (χ2n) is 10.7. The number of allylic oxidation sites excluding steroid dienone is 5. The van der Waals surface area contributed by atoms with E-state index in [0.29, 0.717) is 23.8 Å². The standard InChI is InChI=1S/C28H44O3/c1-6-27(29,7-2)19-16-20(3)24-14-15-25-23(11-8-17-26(24,25)5)13-12-22-10-9-18-28(30,31)21(22)4/h12-14,20,25,29-31H,4,6-11,15-19H2,1-3,5H3/b22-12-,23-13+/t20?,25-,26+/m0/s1. The van der Waals surface area contributed by atoms with Gasteiger partial charge in [-0.3, -0.25) is 0 Å². The average Bonchev–Trinajstić information content (AvgIpc) is 3.10. The van der Waals surface area contributed by atoms with Gasteiger partial charge in [-0.05, 0) is 87.0 Å². The van der Waals surface area contributed by atoms with Crippen molar-refractivity contribution in [2.45, 2.75) is 110 Å². The third-order valence-electron chi connectivity index (χ3n) is 8.84. The maximum absolute atomic E-state index is 10.7. The van der Waals surface area contributed by atoms with Crippen molar-refractivity contribution in [3.63, 3.8) is 0 Å². The number of hydrogen-bond donors (Lipinski definition) is 3. The molecule has 0 aliphatic heterocycles. The lowest BCUT2D eigenvalue weighted by molar-refractivity contribution is -0.136. The predicted molar refractivity (Wildman–Crippen MR) is 128 cm³/mol. The average molecular weight is 429 g/mol. The summed E-state index contributed by atoms with van der Waals surface area (Å²) >= 11 is 0. The van der Waals surface area contributed by atoms with Gasteiger partial charge in [0.15, 0.2) is 5.79 Å². The molecule has 1 unspecified atom stereocenters. The topological polar surface area (TPSA) is 60.7 Å². The van der Waals surface area contributed by atoms with Crippen molar-refractivity contribution in [1.29, 1.82) is 0 Å². The maximum atomic E-state index is 10.7. The molecule has 0 amide bonds. The summed E-state index contributed by atoms with van der Waals surface area (Å²) in [7, 11) is 0. The molecule has 3 rings (SSSR count). The van der Waals surface area contributed by atoms with Crippen LogP contribution in [0, 0.1) is 17.3 Å². The van der Waals surface area contributed by atoms with E-state index in [9.17, 15) is 15.3 Å². The molecule has 3 nitrogen and oxygen atoms in total. The second kappa shape index (κ2) is 9.37. The number of hydrogen-bond acceptors (Lipinski definition) is 3. The molecular formula is C28H44O3. The van der Waals surface area contributed by atoms with Crippen LogP contribution in [0.15, 0.2) is 47.1 Å². The van der Waals surface area contributed by atoms with Crippen LogP contribution >= 0.6 is 0 Å². The van der Waals surface area contributed by atoms with Gasteiger partial charge in [0.2, 0.25) is 0 Å². The van der Waals surface area contributed by atoms with Crippen LogP contribution in [0.25, 0.3) is 0 Å². The molecule has 2 saturated carbocycles. The highest BCUT2D eigenvalue weighted by Crippen LogP contribution is 2.57. The fraction of sp³-hybridized carbons (Fsp3) is 0.714. The minimum Gasteiger partial charge on any atom is -0.390 e. The second-order valence-corrected chi connectivity index (χ2v) is 10.7. The summed E-state index contributed by atoms with van der Waals surface area (Å²) in [5, 5.41) is 31.0. The summed E-state index contributed by atoms with van der Waals surface area (Å²) in [5.41, 5.74) is 4.23. The molecule has 31 heavy (non-hydrogen) atoms. The molecule has 2 fully saturated rings. The van der Waals surface area contributed by atoms with Crippen molar-refractivity contribution in [1.82, 2.24) is 0 Å².